The predicted molar refractivity (Wildman–Crippen MR) is 85.2 cm³/mol. The van der Waals surface area contributed by atoms with Crippen molar-refractivity contribution in [2.24, 2.45) is 0 Å². The van der Waals surface area contributed by atoms with Crippen molar-refractivity contribution in [3.63, 3.8) is 0 Å². The molecular weight excluding hydrogens is 278 g/mol. The van der Waals surface area contributed by atoms with E-state index in [-0.39, 0.29) is 12.1 Å². The first-order valence-electron chi connectivity index (χ1n) is 7.49. The van der Waals surface area contributed by atoms with Gasteiger partial charge in [-0.1, -0.05) is 36.4 Å². The summed E-state index contributed by atoms with van der Waals surface area (Å²) in [6, 6.07) is 14.2. The second-order valence-corrected chi connectivity index (χ2v) is 5.44. The molecule has 5 heteroatoms. The Labute approximate surface area is 130 Å². The summed E-state index contributed by atoms with van der Waals surface area (Å²) in [4.78, 5) is 4.10. The third kappa shape index (κ3) is 4.04. The fourth-order valence-electron chi connectivity index (χ4n) is 2.45. The highest BCUT2D eigenvalue weighted by molar-refractivity contribution is 5.30. The van der Waals surface area contributed by atoms with Gasteiger partial charge in [-0.25, -0.2) is 4.98 Å². The molecule has 1 aliphatic rings. The standard InChI is InChI=1S/C17H21N3O2/c18-17-7-6-14(8-20-17)16-9-19-15(12-22-16)11-21-10-13-4-2-1-3-5-13/h1-8,15-16,19H,9-12H2,(H2,18,20). The summed E-state index contributed by atoms with van der Waals surface area (Å²) in [5.74, 6) is 0.528. The molecule has 2 aromatic rings. The van der Waals surface area contributed by atoms with Gasteiger partial charge in [-0.05, 0) is 11.6 Å². The summed E-state index contributed by atoms with van der Waals surface area (Å²) in [7, 11) is 0. The van der Waals surface area contributed by atoms with Gasteiger partial charge in [0, 0.05) is 18.3 Å². The number of anilines is 1. The third-order valence-electron chi connectivity index (χ3n) is 3.70. The van der Waals surface area contributed by atoms with Crippen LogP contribution in [0.2, 0.25) is 0 Å². The minimum absolute atomic E-state index is 0.0264. The van der Waals surface area contributed by atoms with Crippen LogP contribution in [0.1, 0.15) is 17.2 Å². The molecular formula is C17H21N3O2. The Morgan fingerprint density at radius 2 is 2.09 bits per heavy atom. The van der Waals surface area contributed by atoms with Gasteiger partial charge in [0.15, 0.2) is 0 Å². The first-order valence-corrected chi connectivity index (χ1v) is 7.49. The molecule has 1 aliphatic heterocycles. The lowest BCUT2D eigenvalue weighted by Gasteiger charge is -2.30. The number of nitrogen functional groups attached to an aromatic ring is 1. The Balaban J connectivity index is 1.41. The van der Waals surface area contributed by atoms with Crippen molar-refractivity contribution < 1.29 is 9.47 Å². The monoisotopic (exact) mass is 299 g/mol. The molecule has 0 bridgehead atoms. The highest BCUT2D eigenvalue weighted by atomic mass is 16.5. The van der Waals surface area contributed by atoms with Crippen LogP contribution in [0.15, 0.2) is 48.7 Å². The van der Waals surface area contributed by atoms with Gasteiger partial charge in [-0.15, -0.1) is 0 Å². The zero-order valence-corrected chi connectivity index (χ0v) is 12.4. The van der Waals surface area contributed by atoms with Crippen molar-refractivity contribution in [2.75, 3.05) is 25.5 Å². The minimum atomic E-state index is 0.0264. The SMILES string of the molecule is Nc1ccc(C2CNC(COCc3ccccc3)CO2)cn1. The average Bonchev–Trinajstić information content (AvgIpc) is 2.57. The Bertz CT molecular complexity index is 566. The molecule has 0 amide bonds. The molecule has 0 saturated carbocycles. The summed E-state index contributed by atoms with van der Waals surface area (Å²) >= 11 is 0. The second kappa shape index (κ2) is 7.35. The van der Waals surface area contributed by atoms with Crippen molar-refractivity contribution in [2.45, 2.75) is 18.8 Å². The van der Waals surface area contributed by atoms with Crippen LogP contribution < -0.4 is 11.1 Å². The van der Waals surface area contributed by atoms with Gasteiger partial charge < -0.3 is 20.5 Å². The summed E-state index contributed by atoms with van der Waals surface area (Å²) < 4.78 is 11.6. The van der Waals surface area contributed by atoms with Gasteiger partial charge in [0.1, 0.15) is 5.82 Å². The van der Waals surface area contributed by atoms with Crippen LogP contribution in [-0.4, -0.2) is 30.8 Å². The zero-order chi connectivity index (χ0) is 15.2. The van der Waals surface area contributed by atoms with Crippen molar-refractivity contribution >= 4 is 5.82 Å². The molecule has 2 unspecified atom stereocenters. The molecule has 2 atom stereocenters. The lowest BCUT2D eigenvalue weighted by molar-refractivity contribution is -0.0239. The summed E-state index contributed by atoms with van der Waals surface area (Å²) in [6.07, 6.45) is 1.80. The zero-order valence-electron chi connectivity index (χ0n) is 12.4. The lowest BCUT2D eigenvalue weighted by atomic mass is 10.1. The number of pyridine rings is 1. The molecule has 0 aliphatic carbocycles. The first-order chi connectivity index (χ1) is 10.8. The molecule has 2 heterocycles. The minimum Gasteiger partial charge on any atom is -0.384 e. The summed E-state index contributed by atoms with van der Waals surface area (Å²) in [5, 5.41) is 3.46. The van der Waals surface area contributed by atoms with Gasteiger partial charge in [0.25, 0.3) is 0 Å². The van der Waals surface area contributed by atoms with Crippen LogP contribution in [0, 0.1) is 0 Å². The van der Waals surface area contributed by atoms with Crippen LogP contribution in [-0.2, 0) is 16.1 Å². The van der Waals surface area contributed by atoms with Crippen LogP contribution >= 0.6 is 0 Å². The first kappa shape index (κ1) is 15.0. The molecule has 22 heavy (non-hydrogen) atoms. The number of rotatable bonds is 5. The highest BCUT2D eigenvalue weighted by Gasteiger charge is 2.22. The van der Waals surface area contributed by atoms with Gasteiger partial charge in [0.05, 0.1) is 32.0 Å². The largest absolute Gasteiger partial charge is 0.384 e. The average molecular weight is 299 g/mol. The van der Waals surface area contributed by atoms with E-state index in [4.69, 9.17) is 15.2 Å². The molecule has 1 aromatic heterocycles. The quantitative estimate of drug-likeness (QED) is 0.882. The summed E-state index contributed by atoms with van der Waals surface area (Å²) in [6.45, 7) is 2.65. The number of nitrogens with zero attached hydrogens (tertiary/aromatic N) is 1. The second-order valence-electron chi connectivity index (χ2n) is 5.44. The molecule has 1 fully saturated rings. The number of morpholine rings is 1. The maximum absolute atomic E-state index is 5.90. The maximum atomic E-state index is 5.90. The van der Waals surface area contributed by atoms with E-state index in [0.29, 0.717) is 25.6 Å². The Kier molecular flexibility index (Phi) is 5.00. The molecule has 0 spiro atoms. The molecule has 1 aromatic carbocycles. The van der Waals surface area contributed by atoms with Gasteiger partial charge in [0.2, 0.25) is 0 Å². The predicted octanol–water partition coefficient (Wildman–Crippen LogP) is 1.91. The normalized spacial score (nSPS) is 21.6. The fraction of sp³-hybridized carbons (Fsp3) is 0.353. The fourth-order valence-corrected chi connectivity index (χ4v) is 2.45. The highest BCUT2D eigenvalue weighted by Crippen LogP contribution is 2.20. The molecule has 5 nitrogen and oxygen atoms in total. The van der Waals surface area contributed by atoms with Crippen LogP contribution in [0.5, 0.6) is 0 Å². The van der Waals surface area contributed by atoms with E-state index in [1.54, 1.807) is 12.3 Å². The molecule has 1 saturated heterocycles. The molecule has 3 rings (SSSR count). The van der Waals surface area contributed by atoms with E-state index in [9.17, 15) is 0 Å². The smallest absolute Gasteiger partial charge is 0.123 e. The van der Waals surface area contributed by atoms with Crippen molar-refractivity contribution in [1.82, 2.24) is 10.3 Å². The van der Waals surface area contributed by atoms with Gasteiger partial charge in [-0.2, -0.15) is 0 Å². The molecule has 3 N–H and O–H groups in total. The van der Waals surface area contributed by atoms with E-state index in [1.165, 1.54) is 5.56 Å². The number of hydrogen-bond acceptors (Lipinski definition) is 5. The van der Waals surface area contributed by atoms with E-state index >= 15 is 0 Å². The summed E-state index contributed by atoms with van der Waals surface area (Å²) in [5.41, 5.74) is 7.83. The van der Waals surface area contributed by atoms with Crippen LogP contribution in [0.4, 0.5) is 5.82 Å². The number of nitrogens with one attached hydrogen (secondary N) is 1. The van der Waals surface area contributed by atoms with E-state index in [1.807, 2.05) is 24.3 Å². The molecule has 0 radical (unpaired) electrons. The van der Waals surface area contributed by atoms with Crippen molar-refractivity contribution in [3.05, 3.63) is 59.8 Å². The van der Waals surface area contributed by atoms with Crippen molar-refractivity contribution in [3.8, 4) is 0 Å². The maximum Gasteiger partial charge on any atom is 0.123 e. The van der Waals surface area contributed by atoms with E-state index < -0.39 is 0 Å². The van der Waals surface area contributed by atoms with Gasteiger partial charge in [-0.3, -0.25) is 0 Å². The number of ether oxygens (including phenoxy) is 2. The number of hydrogen-bond donors (Lipinski definition) is 2. The Hall–Kier alpha value is -1.95. The molecule has 116 valence electrons. The number of aromatic nitrogens is 1. The Morgan fingerprint density at radius 1 is 1.23 bits per heavy atom. The number of nitrogens with two attached hydrogens (primary N) is 1. The lowest BCUT2D eigenvalue weighted by Crippen LogP contribution is -2.45. The third-order valence-corrected chi connectivity index (χ3v) is 3.70. The Morgan fingerprint density at radius 3 is 2.77 bits per heavy atom. The van der Waals surface area contributed by atoms with E-state index in [2.05, 4.69) is 22.4 Å². The van der Waals surface area contributed by atoms with E-state index in [0.717, 1.165) is 12.1 Å². The van der Waals surface area contributed by atoms with Crippen LogP contribution in [0.25, 0.3) is 0 Å². The topological polar surface area (TPSA) is 69.4 Å². The van der Waals surface area contributed by atoms with Crippen LogP contribution in [0.3, 0.4) is 0 Å². The van der Waals surface area contributed by atoms with Gasteiger partial charge >= 0.3 is 0 Å². The van der Waals surface area contributed by atoms with Crippen molar-refractivity contribution in [1.29, 1.82) is 0 Å². The number of benzene rings is 1.